The number of hydrogen-bond acceptors (Lipinski definition) is 4. The van der Waals surface area contributed by atoms with Crippen molar-refractivity contribution in [2.24, 2.45) is 0 Å². The molecule has 0 amide bonds. The van der Waals surface area contributed by atoms with Crippen LogP contribution in [0.15, 0.2) is 42.5 Å². The van der Waals surface area contributed by atoms with Crippen LogP contribution >= 0.6 is 0 Å². The smallest absolute Gasteiger partial charge is 0.162 e. The van der Waals surface area contributed by atoms with Crippen LogP contribution in [0.5, 0.6) is 5.75 Å². The molecule has 2 N–H and O–H groups in total. The number of aryl methyl sites for hydroxylation is 1. The number of anilines is 1. The normalized spacial score (nSPS) is 10.7. The monoisotopic (exact) mass is 265 g/mol. The third-order valence-corrected chi connectivity index (χ3v) is 3.21. The van der Waals surface area contributed by atoms with E-state index >= 15 is 0 Å². The standard InChI is InChI=1S/C16H15N3O/c1-10-4-3-5-11(8-10)16-18-14-7-6-12(20-2)9-13(14)15(17)19-16/h3-9H,1-2H3,(H2,17,18,19). The zero-order valence-corrected chi connectivity index (χ0v) is 11.4. The zero-order valence-electron chi connectivity index (χ0n) is 11.4. The molecule has 0 aliphatic rings. The van der Waals surface area contributed by atoms with Crippen LogP contribution in [0.3, 0.4) is 0 Å². The first-order valence-electron chi connectivity index (χ1n) is 6.35. The van der Waals surface area contributed by atoms with Gasteiger partial charge < -0.3 is 10.5 Å². The molecule has 2 aromatic carbocycles. The summed E-state index contributed by atoms with van der Waals surface area (Å²) in [4.78, 5) is 8.98. The minimum absolute atomic E-state index is 0.463. The SMILES string of the molecule is COc1ccc2nc(-c3cccc(C)c3)nc(N)c2c1. The molecule has 4 nitrogen and oxygen atoms in total. The number of methoxy groups -OCH3 is 1. The summed E-state index contributed by atoms with van der Waals surface area (Å²) in [5.41, 5.74) is 9.00. The topological polar surface area (TPSA) is 61.0 Å². The maximum atomic E-state index is 6.05. The van der Waals surface area contributed by atoms with Gasteiger partial charge in [-0.05, 0) is 31.2 Å². The van der Waals surface area contributed by atoms with Crippen molar-refractivity contribution in [3.05, 3.63) is 48.0 Å². The van der Waals surface area contributed by atoms with Crippen LogP contribution in [0, 0.1) is 6.92 Å². The molecule has 0 atom stereocenters. The molecule has 0 radical (unpaired) electrons. The van der Waals surface area contributed by atoms with Gasteiger partial charge in [0.15, 0.2) is 5.82 Å². The summed E-state index contributed by atoms with van der Waals surface area (Å²) in [6.45, 7) is 2.04. The van der Waals surface area contributed by atoms with Crippen molar-refractivity contribution in [3.8, 4) is 17.1 Å². The Balaban J connectivity index is 2.19. The molecule has 1 aromatic heterocycles. The first-order valence-corrected chi connectivity index (χ1v) is 6.35. The zero-order chi connectivity index (χ0) is 14.1. The van der Waals surface area contributed by atoms with E-state index in [1.807, 2.05) is 49.4 Å². The maximum absolute atomic E-state index is 6.05. The molecule has 4 heteroatoms. The Kier molecular flexibility index (Phi) is 2.99. The van der Waals surface area contributed by atoms with Crippen molar-refractivity contribution in [1.29, 1.82) is 0 Å². The Labute approximate surface area is 117 Å². The molecular formula is C16H15N3O. The van der Waals surface area contributed by atoms with E-state index in [0.717, 1.165) is 22.2 Å². The van der Waals surface area contributed by atoms with Gasteiger partial charge in [-0.15, -0.1) is 0 Å². The van der Waals surface area contributed by atoms with Crippen molar-refractivity contribution in [1.82, 2.24) is 9.97 Å². The molecule has 3 aromatic rings. The Morgan fingerprint density at radius 1 is 1.05 bits per heavy atom. The first-order chi connectivity index (χ1) is 9.67. The second-order valence-corrected chi connectivity index (χ2v) is 4.69. The number of rotatable bonds is 2. The molecule has 0 saturated heterocycles. The Hall–Kier alpha value is -2.62. The van der Waals surface area contributed by atoms with Crippen LogP contribution < -0.4 is 10.5 Å². The van der Waals surface area contributed by atoms with Crippen LogP contribution in [-0.2, 0) is 0 Å². The highest BCUT2D eigenvalue weighted by Crippen LogP contribution is 2.26. The third kappa shape index (κ3) is 2.16. The summed E-state index contributed by atoms with van der Waals surface area (Å²) in [6, 6.07) is 13.7. The fourth-order valence-electron chi connectivity index (χ4n) is 2.17. The predicted octanol–water partition coefficient (Wildman–Crippen LogP) is 3.20. The average Bonchev–Trinajstić information content (AvgIpc) is 2.47. The van der Waals surface area contributed by atoms with Gasteiger partial charge in [-0.1, -0.05) is 23.8 Å². The number of benzene rings is 2. The van der Waals surface area contributed by atoms with Gasteiger partial charge >= 0.3 is 0 Å². The van der Waals surface area contributed by atoms with E-state index in [1.54, 1.807) is 7.11 Å². The fraction of sp³-hybridized carbons (Fsp3) is 0.125. The lowest BCUT2D eigenvalue weighted by atomic mass is 10.1. The summed E-state index contributed by atoms with van der Waals surface area (Å²) in [5, 5.41) is 0.806. The third-order valence-electron chi connectivity index (χ3n) is 3.21. The molecule has 0 aliphatic heterocycles. The van der Waals surface area contributed by atoms with Gasteiger partial charge in [0.25, 0.3) is 0 Å². The number of aromatic nitrogens is 2. The molecule has 1 heterocycles. The Bertz CT molecular complexity index is 784. The van der Waals surface area contributed by atoms with Gasteiger partial charge in [0.2, 0.25) is 0 Å². The van der Waals surface area contributed by atoms with Crippen molar-refractivity contribution in [2.75, 3.05) is 12.8 Å². The number of nitrogens with two attached hydrogens (primary N) is 1. The second kappa shape index (κ2) is 4.81. The number of ether oxygens (including phenoxy) is 1. The fourth-order valence-corrected chi connectivity index (χ4v) is 2.17. The summed E-state index contributed by atoms with van der Waals surface area (Å²) in [7, 11) is 1.62. The Morgan fingerprint density at radius 3 is 2.65 bits per heavy atom. The van der Waals surface area contributed by atoms with Crippen LogP contribution in [-0.4, -0.2) is 17.1 Å². The number of nitrogen functional groups attached to an aromatic ring is 1. The summed E-state index contributed by atoms with van der Waals surface area (Å²) < 4.78 is 5.20. The second-order valence-electron chi connectivity index (χ2n) is 4.69. The molecule has 0 fully saturated rings. The van der Waals surface area contributed by atoms with Gasteiger partial charge in [-0.2, -0.15) is 0 Å². The van der Waals surface area contributed by atoms with Crippen LogP contribution in [0.4, 0.5) is 5.82 Å². The lowest BCUT2D eigenvalue weighted by Crippen LogP contribution is -1.98. The van der Waals surface area contributed by atoms with Gasteiger partial charge in [-0.25, -0.2) is 9.97 Å². The molecule has 100 valence electrons. The van der Waals surface area contributed by atoms with E-state index < -0.39 is 0 Å². The Morgan fingerprint density at radius 2 is 1.90 bits per heavy atom. The molecule has 0 spiro atoms. The maximum Gasteiger partial charge on any atom is 0.162 e. The average molecular weight is 265 g/mol. The highest BCUT2D eigenvalue weighted by atomic mass is 16.5. The van der Waals surface area contributed by atoms with Crippen molar-refractivity contribution in [2.45, 2.75) is 6.92 Å². The lowest BCUT2D eigenvalue weighted by Gasteiger charge is -2.07. The summed E-state index contributed by atoms with van der Waals surface area (Å²) >= 11 is 0. The van der Waals surface area contributed by atoms with Crippen molar-refractivity contribution < 1.29 is 4.74 Å². The van der Waals surface area contributed by atoms with Crippen LogP contribution in [0.1, 0.15) is 5.56 Å². The van der Waals surface area contributed by atoms with E-state index in [-0.39, 0.29) is 0 Å². The largest absolute Gasteiger partial charge is 0.497 e. The van der Waals surface area contributed by atoms with Gasteiger partial charge in [0, 0.05) is 10.9 Å². The van der Waals surface area contributed by atoms with E-state index in [1.165, 1.54) is 5.56 Å². The molecule has 20 heavy (non-hydrogen) atoms. The molecular weight excluding hydrogens is 250 g/mol. The van der Waals surface area contributed by atoms with Gasteiger partial charge in [0.05, 0.1) is 12.6 Å². The number of nitrogens with zero attached hydrogens (tertiary/aromatic N) is 2. The molecule has 3 rings (SSSR count). The van der Waals surface area contributed by atoms with Crippen molar-refractivity contribution in [3.63, 3.8) is 0 Å². The lowest BCUT2D eigenvalue weighted by molar-refractivity contribution is 0.415. The highest BCUT2D eigenvalue weighted by Gasteiger charge is 2.08. The van der Waals surface area contributed by atoms with E-state index in [4.69, 9.17) is 10.5 Å². The van der Waals surface area contributed by atoms with Gasteiger partial charge in [-0.3, -0.25) is 0 Å². The summed E-state index contributed by atoms with van der Waals surface area (Å²) in [6.07, 6.45) is 0. The minimum Gasteiger partial charge on any atom is -0.497 e. The molecule has 0 bridgehead atoms. The number of hydrogen-bond donors (Lipinski definition) is 1. The first kappa shape index (κ1) is 12.4. The minimum atomic E-state index is 0.463. The van der Waals surface area contributed by atoms with E-state index in [0.29, 0.717) is 11.6 Å². The predicted molar refractivity (Wildman–Crippen MR) is 80.7 cm³/mol. The van der Waals surface area contributed by atoms with E-state index in [9.17, 15) is 0 Å². The van der Waals surface area contributed by atoms with Crippen molar-refractivity contribution >= 4 is 16.7 Å². The number of fused-ring (bicyclic) bond motifs is 1. The quantitative estimate of drug-likeness (QED) is 0.773. The van der Waals surface area contributed by atoms with Crippen LogP contribution in [0.2, 0.25) is 0 Å². The molecule has 0 unspecified atom stereocenters. The highest BCUT2D eigenvalue weighted by molar-refractivity contribution is 5.90. The summed E-state index contributed by atoms with van der Waals surface area (Å²) in [5.74, 6) is 1.85. The van der Waals surface area contributed by atoms with Crippen LogP contribution in [0.25, 0.3) is 22.3 Å². The molecule has 0 saturated carbocycles. The molecule has 0 aliphatic carbocycles. The van der Waals surface area contributed by atoms with E-state index in [2.05, 4.69) is 9.97 Å². The van der Waals surface area contributed by atoms with Gasteiger partial charge in [0.1, 0.15) is 11.6 Å².